The third-order valence-electron chi connectivity index (χ3n) is 4.73. The molecule has 1 aromatic carbocycles. The third-order valence-corrected chi connectivity index (χ3v) is 6.11. The van der Waals surface area contributed by atoms with E-state index in [1.807, 2.05) is 0 Å². The number of carbonyl (C=O) groups is 2. The van der Waals surface area contributed by atoms with Gasteiger partial charge in [0.05, 0.1) is 5.69 Å². The molecule has 0 spiro atoms. The number of nitrogens with zero attached hydrogens (tertiary/aromatic N) is 2. The van der Waals surface area contributed by atoms with E-state index in [-0.39, 0.29) is 22.2 Å². The zero-order chi connectivity index (χ0) is 20.6. The maximum atomic E-state index is 15.0. The van der Waals surface area contributed by atoms with Crippen LogP contribution in [-0.4, -0.2) is 42.7 Å². The Morgan fingerprint density at radius 3 is 2.57 bits per heavy atom. The molecule has 6 nitrogen and oxygen atoms in total. The van der Waals surface area contributed by atoms with Crippen molar-refractivity contribution in [1.82, 2.24) is 10.3 Å². The molecule has 0 bridgehead atoms. The van der Waals surface area contributed by atoms with Gasteiger partial charge in [0.2, 0.25) is 12.3 Å². The Bertz CT molecular complexity index is 992. The molecule has 9 heteroatoms. The summed E-state index contributed by atoms with van der Waals surface area (Å²) in [6, 6.07) is 4.58. The lowest BCUT2D eigenvalue weighted by Crippen LogP contribution is -2.39. The summed E-state index contributed by atoms with van der Waals surface area (Å²) in [6.07, 6.45) is 2.16. The van der Waals surface area contributed by atoms with Crippen LogP contribution in [0.15, 0.2) is 30.5 Å². The third kappa shape index (κ3) is 3.44. The van der Waals surface area contributed by atoms with E-state index in [2.05, 4.69) is 10.3 Å². The molecule has 0 aliphatic carbocycles. The Labute approximate surface area is 161 Å². The number of carbonyl (C=O) groups excluding carboxylic acids is 2. The molecular formula is C19H20F2N3O3P. The number of pyridine rings is 1. The summed E-state index contributed by atoms with van der Waals surface area (Å²) in [4.78, 5) is 28.4. The second-order valence-corrected chi connectivity index (χ2v) is 10.2. The van der Waals surface area contributed by atoms with Gasteiger partial charge in [0.25, 0.3) is 0 Å². The molecule has 148 valence electrons. The lowest BCUT2D eigenvalue weighted by Gasteiger charge is -2.23. The number of nitrogens with one attached hydrogen (secondary N) is 1. The summed E-state index contributed by atoms with van der Waals surface area (Å²) in [5, 5.41) is 2.39. The van der Waals surface area contributed by atoms with E-state index in [4.69, 9.17) is 0 Å². The molecular weight excluding hydrogens is 387 g/mol. The van der Waals surface area contributed by atoms with Crippen LogP contribution < -0.4 is 15.7 Å². The van der Waals surface area contributed by atoms with Crippen molar-refractivity contribution in [3.63, 3.8) is 0 Å². The predicted molar refractivity (Wildman–Crippen MR) is 103 cm³/mol. The number of aromatic nitrogens is 1. The normalized spacial score (nSPS) is 19.8. The number of anilines is 1. The Morgan fingerprint density at radius 2 is 1.93 bits per heavy atom. The molecule has 3 rings (SSSR count). The van der Waals surface area contributed by atoms with Gasteiger partial charge in [-0.2, -0.15) is 0 Å². The fourth-order valence-corrected chi connectivity index (χ4v) is 4.60. The van der Waals surface area contributed by atoms with E-state index < -0.39 is 36.8 Å². The molecule has 2 aromatic rings. The lowest BCUT2D eigenvalue weighted by atomic mass is 10.1. The summed E-state index contributed by atoms with van der Waals surface area (Å²) in [5.41, 5.74) is 0.188. The lowest BCUT2D eigenvalue weighted by molar-refractivity contribution is -0.121. The highest BCUT2D eigenvalue weighted by molar-refractivity contribution is 7.70. The van der Waals surface area contributed by atoms with E-state index in [9.17, 15) is 22.9 Å². The zero-order valence-corrected chi connectivity index (χ0v) is 16.5. The average Bonchev–Trinajstić information content (AvgIpc) is 2.91. The smallest absolute Gasteiger partial charge is 0.249 e. The Balaban J connectivity index is 2.08. The molecule has 1 fully saturated rings. The number of hydrogen-bond acceptors (Lipinski definition) is 4. The van der Waals surface area contributed by atoms with Crippen molar-refractivity contribution in [2.45, 2.75) is 25.4 Å². The summed E-state index contributed by atoms with van der Waals surface area (Å²) >= 11 is 0. The first-order valence-corrected chi connectivity index (χ1v) is 11.3. The SMILES string of the molecule is CC1CC(NC=O)C(=O)N1c1ccc(-c2cccnc2P(C)(C)=O)c(F)c1F. The van der Waals surface area contributed by atoms with Gasteiger partial charge in [0.1, 0.15) is 18.6 Å². The van der Waals surface area contributed by atoms with Crippen molar-refractivity contribution in [1.29, 1.82) is 0 Å². The Kier molecular flexibility index (Phi) is 5.35. The van der Waals surface area contributed by atoms with Gasteiger partial charge in [-0.25, -0.2) is 8.78 Å². The van der Waals surface area contributed by atoms with Crippen molar-refractivity contribution < 1.29 is 22.9 Å². The second kappa shape index (κ2) is 7.43. The van der Waals surface area contributed by atoms with E-state index in [0.717, 1.165) is 4.90 Å². The largest absolute Gasteiger partial charge is 0.347 e. The molecule has 0 radical (unpaired) electrons. The average molecular weight is 407 g/mol. The van der Waals surface area contributed by atoms with Gasteiger partial charge >= 0.3 is 0 Å². The number of rotatable bonds is 5. The summed E-state index contributed by atoms with van der Waals surface area (Å²) in [7, 11) is -2.83. The monoisotopic (exact) mass is 407 g/mol. The van der Waals surface area contributed by atoms with Crippen LogP contribution in [0.5, 0.6) is 0 Å². The highest BCUT2D eigenvalue weighted by Crippen LogP contribution is 2.40. The van der Waals surface area contributed by atoms with E-state index in [1.54, 1.807) is 13.0 Å². The maximum Gasteiger partial charge on any atom is 0.249 e. The number of hydrogen-bond donors (Lipinski definition) is 1. The van der Waals surface area contributed by atoms with Gasteiger partial charge < -0.3 is 14.8 Å². The van der Waals surface area contributed by atoms with Crippen LogP contribution in [0.1, 0.15) is 13.3 Å². The highest BCUT2D eigenvalue weighted by Gasteiger charge is 2.39. The summed E-state index contributed by atoms with van der Waals surface area (Å²) in [6.45, 7) is 4.71. The molecule has 1 saturated heterocycles. The van der Waals surface area contributed by atoms with Crippen LogP contribution in [0.4, 0.5) is 14.5 Å². The molecule has 2 amide bonds. The quantitative estimate of drug-likeness (QED) is 0.610. The van der Waals surface area contributed by atoms with Crippen LogP contribution in [0.2, 0.25) is 0 Å². The predicted octanol–water partition coefficient (Wildman–Crippen LogP) is 2.51. The highest BCUT2D eigenvalue weighted by atomic mass is 31.2. The first-order chi connectivity index (χ1) is 13.2. The van der Waals surface area contributed by atoms with Crippen molar-refractivity contribution >= 4 is 30.6 Å². The second-order valence-electron chi connectivity index (χ2n) is 7.12. The molecule has 1 aliphatic rings. The molecule has 1 N–H and O–H groups in total. The van der Waals surface area contributed by atoms with Gasteiger partial charge in [-0.1, -0.05) is 6.07 Å². The van der Waals surface area contributed by atoms with E-state index >= 15 is 0 Å². The fourth-order valence-electron chi connectivity index (χ4n) is 3.48. The number of benzene rings is 1. The molecule has 1 aromatic heterocycles. The number of halogens is 2. The van der Waals surface area contributed by atoms with Crippen LogP contribution in [0, 0.1) is 11.6 Å². The summed E-state index contributed by atoms with van der Waals surface area (Å²) in [5.74, 6) is -2.83. The molecule has 2 heterocycles. The minimum Gasteiger partial charge on any atom is -0.347 e. The zero-order valence-electron chi connectivity index (χ0n) is 15.6. The Morgan fingerprint density at radius 1 is 1.21 bits per heavy atom. The van der Waals surface area contributed by atoms with Gasteiger partial charge in [-0.3, -0.25) is 14.6 Å². The van der Waals surface area contributed by atoms with Gasteiger partial charge in [-0.05, 0) is 44.9 Å². The van der Waals surface area contributed by atoms with Gasteiger partial charge in [-0.15, -0.1) is 0 Å². The molecule has 1 aliphatic heterocycles. The van der Waals surface area contributed by atoms with Crippen LogP contribution in [-0.2, 0) is 14.2 Å². The molecule has 28 heavy (non-hydrogen) atoms. The standard InChI is InChI=1S/C19H20F2N3O3P/c1-11-9-14(23-10-25)19(26)24(11)15-7-6-12(16(20)17(15)21)13-5-4-8-22-18(13)28(2,3)27/h4-8,10-11,14H,9H2,1-3H3,(H,23,25). The fraction of sp³-hybridized carbons (Fsp3) is 0.316. The minimum atomic E-state index is -2.83. The Hall–Kier alpha value is -2.60. The summed E-state index contributed by atoms with van der Waals surface area (Å²) < 4.78 is 42.4. The molecule has 2 unspecified atom stereocenters. The van der Waals surface area contributed by atoms with Crippen molar-refractivity contribution in [3.05, 3.63) is 42.1 Å². The van der Waals surface area contributed by atoms with Crippen LogP contribution in [0.25, 0.3) is 11.1 Å². The van der Waals surface area contributed by atoms with Crippen LogP contribution >= 0.6 is 7.14 Å². The van der Waals surface area contributed by atoms with Gasteiger partial charge in [0, 0.05) is 23.4 Å². The topological polar surface area (TPSA) is 79.4 Å². The first kappa shape index (κ1) is 20.1. The van der Waals surface area contributed by atoms with Gasteiger partial charge in [0.15, 0.2) is 11.6 Å². The van der Waals surface area contributed by atoms with Crippen LogP contribution in [0.3, 0.4) is 0 Å². The van der Waals surface area contributed by atoms with Crippen molar-refractivity contribution in [2.24, 2.45) is 0 Å². The van der Waals surface area contributed by atoms with Crippen molar-refractivity contribution in [3.8, 4) is 11.1 Å². The van der Waals surface area contributed by atoms with E-state index in [0.29, 0.717) is 12.8 Å². The minimum absolute atomic E-state index is 0.0739. The van der Waals surface area contributed by atoms with Crippen molar-refractivity contribution in [2.75, 3.05) is 18.2 Å². The number of amides is 2. The van der Waals surface area contributed by atoms with E-state index in [1.165, 1.54) is 37.7 Å². The maximum absolute atomic E-state index is 15.0. The molecule has 2 atom stereocenters. The molecule has 0 saturated carbocycles. The first-order valence-electron chi connectivity index (χ1n) is 8.68.